The van der Waals surface area contributed by atoms with Crippen LogP contribution in [0.25, 0.3) is 0 Å². The van der Waals surface area contributed by atoms with Gasteiger partial charge in [0, 0.05) is 0 Å². The highest BCUT2D eigenvalue weighted by molar-refractivity contribution is 5.58. The summed E-state index contributed by atoms with van der Waals surface area (Å²) in [6.45, 7) is 2.65. The van der Waals surface area contributed by atoms with Gasteiger partial charge in [-0.1, -0.05) is 6.58 Å². The van der Waals surface area contributed by atoms with E-state index in [1.165, 1.54) is 0 Å². The molecule has 0 aromatic carbocycles. The number of carbonyl (C=O) groups is 2. The molecule has 0 radical (unpaired) electrons. The van der Waals surface area contributed by atoms with E-state index in [-0.39, 0.29) is 6.61 Å². The van der Waals surface area contributed by atoms with Crippen molar-refractivity contribution in [3.05, 3.63) is 12.8 Å². The summed E-state index contributed by atoms with van der Waals surface area (Å²) in [6.07, 6.45) is -2.96. The van der Waals surface area contributed by atoms with Crippen molar-refractivity contribution in [3.8, 4) is 0 Å². The van der Waals surface area contributed by atoms with Gasteiger partial charge in [-0.2, -0.15) is 0 Å². The molecule has 0 aliphatic carbocycles. The van der Waals surface area contributed by atoms with Gasteiger partial charge in [0.05, 0.1) is 6.26 Å². The van der Waals surface area contributed by atoms with Gasteiger partial charge < -0.3 is 24.4 Å². The number of hydrogen-bond donors (Lipinski definition) is 2. The van der Waals surface area contributed by atoms with Crippen LogP contribution in [0.15, 0.2) is 12.8 Å². The van der Waals surface area contributed by atoms with Crippen molar-refractivity contribution in [2.24, 2.45) is 0 Å². The van der Waals surface area contributed by atoms with Crippen LogP contribution < -0.4 is 0 Å². The number of rotatable bonds is 6. The third-order valence-corrected chi connectivity index (χ3v) is 1.06. The molecule has 0 heterocycles. The van der Waals surface area contributed by atoms with Crippen molar-refractivity contribution in [3.63, 3.8) is 0 Å². The molecule has 2 N–H and O–H groups in total. The molecule has 0 rings (SSSR count). The molecule has 1 atom stereocenters. The molecular weight excluding hydrogens is 196 g/mol. The van der Waals surface area contributed by atoms with E-state index >= 15 is 0 Å². The van der Waals surface area contributed by atoms with Crippen molar-refractivity contribution in [2.45, 2.75) is 6.10 Å². The van der Waals surface area contributed by atoms with Crippen LogP contribution in [0, 0.1) is 0 Å². The molecule has 0 aliphatic heterocycles. The second kappa shape index (κ2) is 6.58. The summed E-state index contributed by atoms with van der Waals surface area (Å²) in [5, 5.41) is 16.4. The lowest BCUT2D eigenvalue weighted by molar-refractivity contribution is -0.0194. The Kier molecular flexibility index (Phi) is 5.68. The fraction of sp³-hybridized carbons (Fsp3) is 0.429. The van der Waals surface area contributed by atoms with E-state index in [2.05, 4.69) is 20.8 Å². The Bertz CT molecular complexity index is 212. The Morgan fingerprint density at radius 1 is 1.29 bits per heavy atom. The van der Waals surface area contributed by atoms with Crippen molar-refractivity contribution >= 4 is 12.3 Å². The quantitative estimate of drug-likeness (QED) is 0.491. The van der Waals surface area contributed by atoms with Crippen LogP contribution in [0.2, 0.25) is 0 Å². The molecule has 1 unspecified atom stereocenters. The summed E-state index contributed by atoms with van der Waals surface area (Å²) in [5.74, 6) is 0. The number of ether oxygens (including phenoxy) is 3. The van der Waals surface area contributed by atoms with Crippen LogP contribution in [0.3, 0.4) is 0 Å². The lowest BCUT2D eigenvalue weighted by Crippen LogP contribution is -2.28. The van der Waals surface area contributed by atoms with Gasteiger partial charge in [0.1, 0.15) is 13.2 Å². The molecule has 7 heteroatoms. The van der Waals surface area contributed by atoms with E-state index in [9.17, 15) is 9.59 Å². The summed E-state index contributed by atoms with van der Waals surface area (Å²) < 4.78 is 13.0. The van der Waals surface area contributed by atoms with Crippen LogP contribution in [0.4, 0.5) is 9.59 Å². The summed E-state index contributed by atoms with van der Waals surface area (Å²) in [4.78, 5) is 20.1. The maximum atomic E-state index is 10.1. The predicted molar refractivity (Wildman–Crippen MR) is 43.0 cm³/mol. The number of carboxylic acid groups (broad SMARTS) is 2. The normalized spacial score (nSPS) is 11.1. The molecule has 14 heavy (non-hydrogen) atoms. The summed E-state index contributed by atoms with van der Waals surface area (Å²) in [6, 6.07) is 0. The van der Waals surface area contributed by atoms with Gasteiger partial charge in [0.2, 0.25) is 0 Å². The van der Waals surface area contributed by atoms with Crippen molar-refractivity contribution in [1.29, 1.82) is 0 Å². The van der Waals surface area contributed by atoms with Crippen LogP contribution in [-0.4, -0.2) is 41.8 Å². The summed E-state index contributed by atoms with van der Waals surface area (Å²) >= 11 is 0. The van der Waals surface area contributed by atoms with Gasteiger partial charge in [-0.25, -0.2) is 9.59 Å². The zero-order valence-electron chi connectivity index (χ0n) is 7.21. The molecule has 7 nitrogen and oxygen atoms in total. The lowest BCUT2D eigenvalue weighted by atomic mass is 10.4. The van der Waals surface area contributed by atoms with Gasteiger partial charge in [0.25, 0.3) is 0 Å². The van der Waals surface area contributed by atoms with Crippen LogP contribution in [0.1, 0.15) is 0 Å². The molecule has 0 aromatic rings. The van der Waals surface area contributed by atoms with E-state index in [0.29, 0.717) is 0 Å². The summed E-state index contributed by atoms with van der Waals surface area (Å²) in [5.41, 5.74) is 0. The largest absolute Gasteiger partial charge is 0.506 e. The smallest absolute Gasteiger partial charge is 0.498 e. The molecule has 0 fully saturated rings. The van der Waals surface area contributed by atoms with Gasteiger partial charge >= 0.3 is 12.3 Å². The van der Waals surface area contributed by atoms with Gasteiger partial charge in [-0.15, -0.1) is 0 Å². The highest BCUT2D eigenvalue weighted by Crippen LogP contribution is 1.96. The molecule has 0 aliphatic rings. The first kappa shape index (κ1) is 12.1. The second-order valence-electron chi connectivity index (χ2n) is 2.08. The van der Waals surface area contributed by atoms with Gasteiger partial charge in [-0.05, 0) is 0 Å². The Hall–Kier alpha value is -1.92. The minimum atomic E-state index is -1.53. The first-order valence-corrected chi connectivity index (χ1v) is 3.54. The van der Waals surface area contributed by atoms with Crippen molar-refractivity contribution < 1.29 is 34.0 Å². The standard InChI is InChI=1S/C7H10O7/c1-2-12-3-5(14-7(10)11)4-13-6(8)9/h2,5H,1,3-4H2,(H,8,9)(H,10,11). The van der Waals surface area contributed by atoms with Gasteiger partial charge in [-0.3, -0.25) is 0 Å². The number of hydrogen-bond acceptors (Lipinski definition) is 5. The second-order valence-corrected chi connectivity index (χ2v) is 2.08. The molecule has 0 bridgehead atoms. The predicted octanol–water partition coefficient (Wildman–Crippen LogP) is 0.904. The van der Waals surface area contributed by atoms with Crippen LogP contribution in [-0.2, 0) is 14.2 Å². The molecular formula is C7H10O7. The molecule has 0 amide bonds. The van der Waals surface area contributed by atoms with E-state index in [0.717, 1.165) is 6.26 Å². The molecule has 0 saturated carbocycles. The van der Waals surface area contributed by atoms with E-state index in [1.54, 1.807) is 0 Å². The minimum Gasteiger partial charge on any atom is -0.498 e. The third kappa shape index (κ3) is 6.77. The van der Waals surface area contributed by atoms with E-state index in [1.807, 2.05) is 0 Å². The monoisotopic (exact) mass is 206 g/mol. The highest BCUT2D eigenvalue weighted by atomic mass is 16.7. The van der Waals surface area contributed by atoms with Crippen LogP contribution >= 0.6 is 0 Å². The molecule has 0 spiro atoms. The molecule has 0 aromatic heterocycles. The highest BCUT2D eigenvalue weighted by Gasteiger charge is 2.16. The van der Waals surface area contributed by atoms with Crippen molar-refractivity contribution in [2.75, 3.05) is 13.2 Å². The molecule has 0 saturated heterocycles. The Morgan fingerprint density at radius 2 is 1.93 bits per heavy atom. The fourth-order valence-electron chi connectivity index (χ4n) is 0.598. The van der Waals surface area contributed by atoms with Crippen molar-refractivity contribution in [1.82, 2.24) is 0 Å². The van der Waals surface area contributed by atoms with E-state index in [4.69, 9.17) is 10.2 Å². The first-order chi connectivity index (χ1) is 6.56. The zero-order valence-corrected chi connectivity index (χ0v) is 7.21. The topological polar surface area (TPSA) is 102 Å². The summed E-state index contributed by atoms with van der Waals surface area (Å²) in [7, 11) is 0. The maximum Gasteiger partial charge on any atom is 0.506 e. The minimum absolute atomic E-state index is 0.150. The lowest BCUT2D eigenvalue weighted by Gasteiger charge is -2.13. The Balaban J connectivity index is 3.89. The maximum absolute atomic E-state index is 10.1. The van der Waals surface area contributed by atoms with E-state index < -0.39 is 25.0 Å². The third-order valence-electron chi connectivity index (χ3n) is 1.06. The first-order valence-electron chi connectivity index (χ1n) is 3.54. The fourth-order valence-corrected chi connectivity index (χ4v) is 0.598. The molecule has 80 valence electrons. The van der Waals surface area contributed by atoms with Gasteiger partial charge in [0.15, 0.2) is 6.10 Å². The Labute approximate surface area is 79.5 Å². The Morgan fingerprint density at radius 3 is 2.36 bits per heavy atom. The van der Waals surface area contributed by atoms with Crippen LogP contribution in [0.5, 0.6) is 0 Å². The SMILES string of the molecule is C=COCC(COC(=O)O)OC(=O)O. The average molecular weight is 206 g/mol. The zero-order chi connectivity index (χ0) is 11.0. The average Bonchev–Trinajstić information content (AvgIpc) is 2.09.